The largest absolute Gasteiger partial charge is 0.459 e. The average molecular weight is 505 g/mol. The Morgan fingerprint density at radius 2 is 1.96 bits per heavy atom. The second kappa shape index (κ2) is 12.0. The lowest BCUT2D eigenvalue weighted by molar-refractivity contribution is 0.0925. The van der Waals surface area contributed by atoms with E-state index in [2.05, 4.69) is 32.9 Å². The molecular formula is C18H28IN5O2S. The Morgan fingerprint density at radius 1 is 1.22 bits per heavy atom. The van der Waals surface area contributed by atoms with Crippen LogP contribution in [-0.2, 0) is 6.54 Å². The van der Waals surface area contributed by atoms with Crippen LogP contribution in [0.1, 0.15) is 45.0 Å². The van der Waals surface area contributed by atoms with E-state index in [1.54, 1.807) is 17.4 Å². The van der Waals surface area contributed by atoms with Crippen LogP contribution in [0.15, 0.2) is 21.7 Å². The van der Waals surface area contributed by atoms with E-state index in [0.29, 0.717) is 25.4 Å². The van der Waals surface area contributed by atoms with Gasteiger partial charge in [0.2, 0.25) is 0 Å². The molecule has 150 valence electrons. The van der Waals surface area contributed by atoms with Gasteiger partial charge in [-0.1, -0.05) is 0 Å². The summed E-state index contributed by atoms with van der Waals surface area (Å²) in [5, 5.41) is 10.4. The number of carbonyl (C=O) groups is 1. The number of furan rings is 1. The smallest absolute Gasteiger partial charge is 0.287 e. The Balaban J connectivity index is 0.00000364. The van der Waals surface area contributed by atoms with Gasteiger partial charge in [-0.25, -0.2) is 9.98 Å². The molecule has 0 fully saturated rings. The fourth-order valence-electron chi connectivity index (χ4n) is 2.28. The number of rotatable bonds is 8. The Kier molecular flexibility index (Phi) is 10.4. The molecule has 0 aliphatic heterocycles. The van der Waals surface area contributed by atoms with Crippen LogP contribution in [0.3, 0.4) is 0 Å². The Bertz CT molecular complexity index is 737. The molecule has 0 spiro atoms. The first-order chi connectivity index (χ1) is 12.5. The lowest BCUT2D eigenvalue weighted by Gasteiger charge is -2.11. The topological polar surface area (TPSA) is 91.5 Å². The number of hydrogen-bond donors (Lipinski definition) is 3. The van der Waals surface area contributed by atoms with Gasteiger partial charge in [-0.05, 0) is 40.2 Å². The second-order valence-electron chi connectivity index (χ2n) is 5.91. The first-order valence-electron chi connectivity index (χ1n) is 8.78. The molecule has 0 unspecified atom stereocenters. The van der Waals surface area contributed by atoms with Crippen molar-refractivity contribution in [3.63, 3.8) is 0 Å². The summed E-state index contributed by atoms with van der Waals surface area (Å²) in [6.45, 7) is 10.6. The van der Waals surface area contributed by atoms with E-state index < -0.39 is 0 Å². The highest BCUT2D eigenvalue weighted by Crippen LogP contribution is 2.16. The van der Waals surface area contributed by atoms with Gasteiger partial charge in [-0.15, -0.1) is 35.3 Å². The molecule has 2 aromatic rings. The summed E-state index contributed by atoms with van der Waals surface area (Å²) < 4.78 is 5.18. The minimum Gasteiger partial charge on any atom is -0.459 e. The van der Waals surface area contributed by atoms with Crippen molar-refractivity contribution < 1.29 is 9.21 Å². The molecule has 2 aromatic heterocycles. The van der Waals surface area contributed by atoms with Gasteiger partial charge in [0, 0.05) is 30.1 Å². The summed E-state index contributed by atoms with van der Waals surface area (Å²) in [6.07, 6.45) is 2.31. The summed E-state index contributed by atoms with van der Waals surface area (Å²) >= 11 is 1.68. The zero-order valence-electron chi connectivity index (χ0n) is 16.2. The number of thiazole rings is 1. The molecule has 0 bridgehead atoms. The number of nitrogens with zero attached hydrogens (tertiary/aromatic N) is 2. The molecular weight excluding hydrogens is 477 g/mol. The lowest BCUT2D eigenvalue weighted by Crippen LogP contribution is -2.38. The average Bonchev–Trinajstić information content (AvgIpc) is 3.17. The quantitative estimate of drug-likeness (QED) is 0.222. The Hall–Kier alpha value is -1.62. The van der Waals surface area contributed by atoms with E-state index in [0.717, 1.165) is 35.2 Å². The number of carbonyl (C=O) groups excluding carboxylic acids is 1. The summed E-state index contributed by atoms with van der Waals surface area (Å²) in [4.78, 5) is 22.2. The SMILES string of the molecule is CCNC(=NCc1nc(C)c(C)s1)NCCCNC(=O)c1occc1C.I. The van der Waals surface area contributed by atoms with Gasteiger partial charge < -0.3 is 20.4 Å². The molecule has 0 aliphatic carbocycles. The van der Waals surface area contributed by atoms with Crippen LogP contribution in [0.4, 0.5) is 0 Å². The van der Waals surface area contributed by atoms with Crippen LogP contribution in [0, 0.1) is 20.8 Å². The van der Waals surface area contributed by atoms with Crippen molar-refractivity contribution in [1.29, 1.82) is 0 Å². The number of amides is 1. The van der Waals surface area contributed by atoms with Gasteiger partial charge in [0.1, 0.15) is 5.01 Å². The van der Waals surface area contributed by atoms with Crippen molar-refractivity contribution in [2.24, 2.45) is 4.99 Å². The number of aliphatic imine (C=N–C) groups is 1. The second-order valence-corrected chi connectivity index (χ2v) is 7.20. The zero-order valence-corrected chi connectivity index (χ0v) is 19.4. The third-order valence-corrected chi connectivity index (χ3v) is 4.85. The molecule has 0 aliphatic rings. The molecule has 2 rings (SSSR count). The van der Waals surface area contributed by atoms with Crippen LogP contribution in [0.5, 0.6) is 0 Å². The number of aromatic nitrogens is 1. The number of halogens is 1. The predicted molar refractivity (Wildman–Crippen MR) is 120 cm³/mol. The van der Waals surface area contributed by atoms with E-state index in [1.807, 2.05) is 20.8 Å². The molecule has 0 radical (unpaired) electrons. The van der Waals surface area contributed by atoms with E-state index in [-0.39, 0.29) is 29.9 Å². The van der Waals surface area contributed by atoms with Crippen molar-refractivity contribution in [2.45, 2.75) is 40.7 Å². The maximum absolute atomic E-state index is 11.9. The first-order valence-corrected chi connectivity index (χ1v) is 9.60. The van der Waals surface area contributed by atoms with Crippen LogP contribution in [0.25, 0.3) is 0 Å². The van der Waals surface area contributed by atoms with Gasteiger partial charge in [-0.3, -0.25) is 4.79 Å². The number of guanidine groups is 1. The lowest BCUT2D eigenvalue weighted by atomic mass is 10.2. The van der Waals surface area contributed by atoms with Crippen molar-refractivity contribution in [1.82, 2.24) is 20.9 Å². The molecule has 2 heterocycles. The fourth-order valence-corrected chi connectivity index (χ4v) is 3.14. The maximum atomic E-state index is 11.9. The van der Waals surface area contributed by atoms with Gasteiger partial charge in [-0.2, -0.15) is 0 Å². The molecule has 27 heavy (non-hydrogen) atoms. The molecule has 0 saturated heterocycles. The minimum atomic E-state index is -0.178. The van der Waals surface area contributed by atoms with Gasteiger partial charge in [0.05, 0.1) is 18.5 Å². The standard InChI is InChI=1S/C18H27N5O2S.HI/c1-5-19-18(22-11-15-23-13(3)14(4)26-15)21-9-6-8-20-17(24)16-12(2)7-10-25-16;/h7,10H,5-6,8-9,11H2,1-4H3,(H,20,24)(H2,19,21,22);1H. The van der Waals surface area contributed by atoms with E-state index >= 15 is 0 Å². The third kappa shape index (κ3) is 7.49. The predicted octanol–water partition coefficient (Wildman–Crippen LogP) is 3.15. The van der Waals surface area contributed by atoms with Gasteiger partial charge in [0.15, 0.2) is 11.7 Å². The van der Waals surface area contributed by atoms with Crippen molar-refractivity contribution in [3.05, 3.63) is 39.2 Å². The van der Waals surface area contributed by atoms with Gasteiger partial charge in [0.25, 0.3) is 5.91 Å². The zero-order chi connectivity index (χ0) is 18.9. The molecule has 3 N–H and O–H groups in total. The maximum Gasteiger partial charge on any atom is 0.287 e. The van der Waals surface area contributed by atoms with E-state index in [9.17, 15) is 4.79 Å². The van der Waals surface area contributed by atoms with Crippen LogP contribution >= 0.6 is 35.3 Å². The van der Waals surface area contributed by atoms with Crippen molar-refractivity contribution in [2.75, 3.05) is 19.6 Å². The highest BCUT2D eigenvalue weighted by Gasteiger charge is 2.11. The number of nitrogens with one attached hydrogen (secondary N) is 3. The molecule has 1 amide bonds. The number of aryl methyl sites for hydroxylation is 3. The molecule has 0 saturated carbocycles. The highest BCUT2D eigenvalue weighted by molar-refractivity contribution is 14.0. The van der Waals surface area contributed by atoms with Crippen LogP contribution < -0.4 is 16.0 Å². The summed E-state index contributed by atoms with van der Waals surface area (Å²) in [6, 6.07) is 1.78. The Labute approximate surface area is 181 Å². The molecule has 0 aromatic carbocycles. The molecule has 9 heteroatoms. The fraction of sp³-hybridized carbons (Fsp3) is 0.500. The normalized spacial score (nSPS) is 11.0. The van der Waals surface area contributed by atoms with Crippen LogP contribution in [-0.4, -0.2) is 36.5 Å². The summed E-state index contributed by atoms with van der Waals surface area (Å²) in [5.41, 5.74) is 1.91. The Morgan fingerprint density at radius 3 is 2.56 bits per heavy atom. The third-order valence-electron chi connectivity index (χ3n) is 3.79. The van der Waals surface area contributed by atoms with Crippen LogP contribution in [0.2, 0.25) is 0 Å². The van der Waals surface area contributed by atoms with Gasteiger partial charge >= 0.3 is 0 Å². The molecule has 7 nitrogen and oxygen atoms in total. The first kappa shape index (κ1) is 23.4. The van der Waals surface area contributed by atoms with Crippen molar-refractivity contribution >= 4 is 47.2 Å². The highest BCUT2D eigenvalue weighted by atomic mass is 127. The summed E-state index contributed by atoms with van der Waals surface area (Å²) in [7, 11) is 0. The molecule has 0 atom stereocenters. The minimum absolute atomic E-state index is 0. The van der Waals surface area contributed by atoms with E-state index in [4.69, 9.17) is 4.42 Å². The number of hydrogen-bond acceptors (Lipinski definition) is 5. The monoisotopic (exact) mass is 505 g/mol. The van der Waals surface area contributed by atoms with E-state index in [1.165, 1.54) is 11.1 Å². The summed E-state index contributed by atoms with van der Waals surface area (Å²) in [5.74, 6) is 0.954. The van der Waals surface area contributed by atoms with Crippen molar-refractivity contribution in [3.8, 4) is 0 Å².